The Balaban J connectivity index is 2.27. The van der Waals surface area contributed by atoms with Gasteiger partial charge in [-0.1, -0.05) is 49.9 Å². The van der Waals surface area contributed by atoms with Crippen molar-refractivity contribution in [2.24, 2.45) is 4.99 Å². The molecule has 2 rings (SSSR count). The Labute approximate surface area is 153 Å². The predicted molar refractivity (Wildman–Crippen MR) is 113 cm³/mol. The van der Waals surface area contributed by atoms with Crippen molar-refractivity contribution in [3.8, 4) is 0 Å². The highest BCUT2D eigenvalue weighted by Crippen LogP contribution is 2.26. The maximum atomic E-state index is 4.54. The van der Waals surface area contributed by atoms with E-state index in [1.54, 1.807) is 0 Å². The third-order valence-electron chi connectivity index (χ3n) is 5.02. The van der Waals surface area contributed by atoms with Gasteiger partial charge in [0.1, 0.15) is 0 Å². The molecule has 1 aromatic carbocycles. The van der Waals surface area contributed by atoms with Crippen LogP contribution >= 0.6 is 0 Å². The molecular weight excluding hydrogens is 302 g/mol. The Hall–Kier alpha value is -2.15. The number of allylic oxidation sites excluding steroid dienone is 5. The van der Waals surface area contributed by atoms with Crippen LogP contribution < -0.4 is 0 Å². The lowest BCUT2D eigenvalue weighted by atomic mass is 9.89. The SMILES string of the molecule is C=C(Cc1c(C)cc(C(=C)C)cc1CC)/C(C)=C/C1=CCCN=C1C. The van der Waals surface area contributed by atoms with Crippen LogP contribution in [0.4, 0.5) is 0 Å². The molecular formula is C24H31N. The average Bonchev–Trinajstić information content (AvgIpc) is 2.58. The molecule has 0 aromatic heterocycles. The van der Waals surface area contributed by atoms with Gasteiger partial charge in [0, 0.05) is 12.3 Å². The molecule has 0 amide bonds. The fourth-order valence-electron chi connectivity index (χ4n) is 3.25. The fourth-order valence-corrected chi connectivity index (χ4v) is 3.25. The lowest BCUT2D eigenvalue weighted by molar-refractivity contribution is 0.981. The summed E-state index contributed by atoms with van der Waals surface area (Å²) in [5.41, 5.74) is 11.3. The van der Waals surface area contributed by atoms with E-state index in [2.05, 4.69) is 77.1 Å². The standard InChI is InChI=1S/C24H31N/c1-8-21-15-23(16(2)3)13-19(6)24(21)14-18(5)17(4)12-22-10-9-11-25-20(22)7/h10,12-13,15H,2,5,8-9,11,14H2,1,3-4,6-7H3/b17-12+. The Bertz CT molecular complexity index is 785. The lowest BCUT2D eigenvalue weighted by Gasteiger charge is -2.17. The summed E-state index contributed by atoms with van der Waals surface area (Å²) >= 11 is 0. The summed E-state index contributed by atoms with van der Waals surface area (Å²) in [5, 5.41) is 0. The van der Waals surface area contributed by atoms with Crippen molar-refractivity contribution in [3.63, 3.8) is 0 Å². The van der Waals surface area contributed by atoms with Gasteiger partial charge in [-0.3, -0.25) is 4.99 Å². The fraction of sp³-hybridized carbons (Fsp3) is 0.375. The Kier molecular flexibility index (Phi) is 6.36. The van der Waals surface area contributed by atoms with E-state index in [1.807, 2.05) is 0 Å². The second-order valence-corrected chi connectivity index (χ2v) is 7.09. The Morgan fingerprint density at radius 1 is 1.20 bits per heavy atom. The van der Waals surface area contributed by atoms with Crippen LogP contribution in [0.3, 0.4) is 0 Å². The van der Waals surface area contributed by atoms with E-state index in [0.717, 1.165) is 37.1 Å². The van der Waals surface area contributed by atoms with Crippen LogP contribution in [0.25, 0.3) is 5.57 Å². The van der Waals surface area contributed by atoms with Gasteiger partial charge in [-0.25, -0.2) is 0 Å². The number of aryl methyl sites for hydroxylation is 2. The predicted octanol–water partition coefficient (Wildman–Crippen LogP) is 6.43. The van der Waals surface area contributed by atoms with E-state index in [0.29, 0.717) is 0 Å². The van der Waals surface area contributed by atoms with Crippen molar-refractivity contribution in [2.75, 3.05) is 6.54 Å². The first-order chi connectivity index (χ1) is 11.8. The largest absolute Gasteiger partial charge is 0.289 e. The van der Waals surface area contributed by atoms with Crippen molar-refractivity contribution in [1.29, 1.82) is 0 Å². The van der Waals surface area contributed by atoms with Gasteiger partial charge >= 0.3 is 0 Å². The third kappa shape index (κ3) is 4.69. The van der Waals surface area contributed by atoms with Gasteiger partial charge in [0.25, 0.3) is 0 Å². The van der Waals surface area contributed by atoms with Gasteiger partial charge in [0.2, 0.25) is 0 Å². The summed E-state index contributed by atoms with van der Waals surface area (Å²) in [5.74, 6) is 0. The molecule has 1 aromatic rings. The number of dihydropyridines is 1. The molecule has 132 valence electrons. The van der Waals surface area contributed by atoms with Crippen LogP contribution in [0.1, 0.15) is 56.4 Å². The third-order valence-corrected chi connectivity index (χ3v) is 5.02. The van der Waals surface area contributed by atoms with E-state index < -0.39 is 0 Å². The number of aliphatic imine (C=N–C) groups is 1. The van der Waals surface area contributed by atoms with E-state index in [1.165, 1.54) is 39.0 Å². The summed E-state index contributed by atoms with van der Waals surface area (Å²) in [6.45, 7) is 20.1. The van der Waals surface area contributed by atoms with E-state index in [4.69, 9.17) is 0 Å². The Morgan fingerprint density at radius 2 is 1.92 bits per heavy atom. The molecule has 0 aliphatic carbocycles. The summed E-state index contributed by atoms with van der Waals surface area (Å²) in [4.78, 5) is 4.54. The summed E-state index contributed by atoms with van der Waals surface area (Å²) in [7, 11) is 0. The zero-order chi connectivity index (χ0) is 18.6. The molecule has 1 aliphatic rings. The zero-order valence-corrected chi connectivity index (χ0v) is 16.5. The molecule has 1 nitrogen and oxygen atoms in total. The highest BCUT2D eigenvalue weighted by molar-refractivity contribution is 6.01. The number of hydrogen-bond acceptors (Lipinski definition) is 1. The van der Waals surface area contributed by atoms with Crippen molar-refractivity contribution in [2.45, 2.75) is 53.9 Å². The number of rotatable bonds is 6. The van der Waals surface area contributed by atoms with Gasteiger partial charge in [-0.15, -0.1) is 0 Å². The molecule has 0 bridgehead atoms. The molecule has 0 unspecified atom stereocenters. The van der Waals surface area contributed by atoms with Crippen molar-refractivity contribution in [1.82, 2.24) is 0 Å². The second kappa shape index (κ2) is 8.29. The summed E-state index contributed by atoms with van der Waals surface area (Å²) in [6, 6.07) is 4.54. The topological polar surface area (TPSA) is 12.4 Å². The van der Waals surface area contributed by atoms with E-state index >= 15 is 0 Å². The number of benzene rings is 1. The highest BCUT2D eigenvalue weighted by atomic mass is 14.7. The number of hydrogen-bond donors (Lipinski definition) is 0. The molecule has 0 N–H and O–H groups in total. The first-order valence-electron chi connectivity index (χ1n) is 9.19. The lowest BCUT2D eigenvalue weighted by Crippen LogP contribution is -2.04. The number of nitrogens with zero attached hydrogens (tertiary/aromatic N) is 1. The van der Waals surface area contributed by atoms with E-state index in [-0.39, 0.29) is 0 Å². The first-order valence-corrected chi connectivity index (χ1v) is 9.19. The van der Waals surface area contributed by atoms with Gasteiger partial charge in [0.05, 0.1) is 0 Å². The minimum absolute atomic E-state index is 0.900. The molecule has 0 saturated heterocycles. The van der Waals surface area contributed by atoms with Gasteiger partial charge in [-0.2, -0.15) is 0 Å². The van der Waals surface area contributed by atoms with E-state index in [9.17, 15) is 0 Å². The van der Waals surface area contributed by atoms with Crippen LogP contribution in [0, 0.1) is 6.92 Å². The Morgan fingerprint density at radius 3 is 2.52 bits per heavy atom. The first kappa shape index (κ1) is 19.2. The van der Waals surface area contributed by atoms with Gasteiger partial charge in [-0.05, 0) is 85.9 Å². The maximum absolute atomic E-state index is 4.54. The van der Waals surface area contributed by atoms with Crippen molar-refractivity contribution < 1.29 is 0 Å². The molecule has 0 fully saturated rings. The molecule has 0 saturated carbocycles. The van der Waals surface area contributed by atoms with Crippen LogP contribution in [-0.4, -0.2) is 12.3 Å². The molecule has 1 aliphatic heterocycles. The van der Waals surface area contributed by atoms with Crippen LogP contribution in [0.15, 0.2) is 59.2 Å². The van der Waals surface area contributed by atoms with Crippen molar-refractivity contribution >= 4 is 11.3 Å². The van der Waals surface area contributed by atoms with Crippen LogP contribution in [0.2, 0.25) is 0 Å². The zero-order valence-electron chi connectivity index (χ0n) is 16.5. The summed E-state index contributed by atoms with van der Waals surface area (Å²) in [6.07, 6.45) is 7.49. The minimum atomic E-state index is 0.900. The summed E-state index contributed by atoms with van der Waals surface area (Å²) < 4.78 is 0. The maximum Gasteiger partial charge on any atom is 0.0427 e. The average molecular weight is 334 g/mol. The molecule has 0 spiro atoms. The molecule has 1 heterocycles. The quantitative estimate of drug-likeness (QED) is 0.532. The normalized spacial score (nSPS) is 14.8. The van der Waals surface area contributed by atoms with Crippen molar-refractivity contribution in [3.05, 3.63) is 76.4 Å². The monoisotopic (exact) mass is 333 g/mol. The van der Waals surface area contributed by atoms with Crippen LogP contribution in [-0.2, 0) is 12.8 Å². The molecule has 0 atom stereocenters. The second-order valence-electron chi connectivity index (χ2n) is 7.09. The van der Waals surface area contributed by atoms with Crippen LogP contribution in [0.5, 0.6) is 0 Å². The smallest absolute Gasteiger partial charge is 0.0427 e. The molecule has 0 radical (unpaired) electrons. The molecule has 25 heavy (non-hydrogen) atoms. The van der Waals surface area contributed by atoms with Gasteiger partial charge < -0.3 is 0 Å². The minimum Gasteiger partial charge on any atom is -0.289 e. The van der Waals surface area contributed by atoms with Gasteiger partial charge in [0.15, 0.2) is 0 Å². The highest BCUT2D eigenvalue weighted by Gasteiger charge is 2.11. The molecule has 1 heteroatoms.